The number of benzene rings is 1. The molecule has 3 aromatic rings. The van der Waals surface area contributed by atoms with Crippen LogP contribution in [0.15, 0.2) is 41.3 Å². The third-order valence-corrected chi connectivity index (χ3v) is 7.87. The van der Waals surface area contributed by atoms with Crippen molar-refractivity contribution in [1.29, 1.82) is 0 Å². The van der Waals surface area contributed by atoms with E-state index >= 15 is 0 Å². The molecule has 1 aliphatic heterocycles. The standard InChI is InChI=1S/C28H40BrN7O4/c1-16(2)35(12-6-11-31-27(39)34-18-9-7-17(8-10-18)28(3,4)5)14-20-22(37)23(38)26(40-20)36-13-19(29)21-24(30)32-15-33-25(21)36/h7-10,13,15-16,20,22-23,26,37-38H,6,11-12,14H2,1-5H3,(H2,30,32,33)(H2,31,34,39)/t20-,22?,23?,26-/m1/s1. The van der Waals surface area contributed by atoms with Gasteiger partial charge in [-0.05, 0) is 59.3 Å². The number of nitrogens with two attached hydrogens (primary N) is 1. The van der Waals surface area contributed by atoms with E-state index in [1.54, 1.807) is 10.8 Å². The molecule has 1 saturated heterocycles. The van der Waals surface area contributed by atoms with E-state index in [0.29, 0.717) is 47.4 Å². The van der Waals surface area contributed by atoms with Gasteiger partial charge in [-0.25, -0.2) is 14.8 Å². The molecule has 0 saturated carbocycles. The number of rotatable bonds is 9. The number of aromatic nitrogens is 3. The van der Waals surface area contributed by atoms with Crippen molar-refractivity contribution in [2.75, 3.05) is 30.7 Å². The summed E-state index contributed by atoms with van der Waals surface area (Å²) >= 11 is 3.48. The summed E-state index contributed by atoms with van der Waals surface area (Å²) in [7, 11) is 0. The van der Waals surface area contributed by atoms with Crippen LogP contribution in [0.5, 0.6) is 0 Å². The molecule has 3 heterocycles. The number of halogens is 1. The second kappa shape index (κ2) is 12.4. The molecule has 0 radical (unpaired) electrons. The Labute approximate surface area is 243 Å². The van der Waals surface area contributed by atoms with Crippen LogP contribution in [0, 0.1) is 0 Å². The van der Waals surface area contributed by atoms with Crippen LogP contribution in [0.1, 0.15) is 52.8 Å². The average Bonchev–Trinajstić information content (AvgIpc) is 3.37. The number of carbonyl (C=O) groups excluding carboxylic acids is 1. The Morgan fingerprint density at radius 1 is 1.20 bits per heavy atom. The van der Waals surface area contributed by atoms with E-state index in [2.05, 4.69) is 76.1 Å². The summed E-state index contributed by atoms with van der Waals surface area (Å²) in [6.45, 7) is 12.1. The van der Waals surface area contributed by atoms with Crippen LogP contribution < -0.4 is 16.4 Å². The van der Waals surface area contributed by atoms with Gasteiger partial charge in [0.25, 0.3) is 0 Å². The molecule has 4 rings (SSSR count). The van der Waals surface area contributed by atoms with E-state index in [0.717, 1.165) is 5.69 Å². The van der Waals surface area contributed by atoms with Crippen molar-refractivity contribution in [3.05, 3.63) is 46.8 Å². The van der Waals surface area contributed by atoms with Gasteiger partial charge in [0.05, 0.1) is 5.39 Å². The van der Waals surface area contributed by atoms with E-state index in [1.807, 2.05) is 24.3 Å². The van der Waals surface area contributed by atoms with Crippen LogP contribution >= 0.6 is 15.9 Å². The first kappa shape index (κ1) is 30.2. The van der Waals surface area contributed by atoms with E-state index in [4.69, 9.17) is 10.5 Å². The molecule has 0 aliphatic carbocycles. The maximum absolute atomic E-state index is 12.4. The van der Waals surface area contributed by atoms with Crippen molar-refractivity contribution in [3.8, 4) is 0 Å². The van der Waals surface area contributed by atoms with E-state index in [-0.39, 0.29) is 17.5 Å². The van der Waals surface area contributed by atoms with Gasteiger partial charge in [0.2, 0.25) is 0 Å². The number of aliphatic hydroxyl groups excluding tert-OH is 2. The van der Waals surface area contributed by atoms with Gasteiger partial charge in [-0.15, -0.1) is 0 Å². The molecule has 12 heteroatoms. The predicted molar refractivity (Wildman–Crippen MR) is 159 cm³/mol. The van der Waals surface area contributed by atoms with Crippen LogP contribution in [0.3, 0.4) is 0 Å². The van der Waals surface area contributed by atoms with Crippen molar-refractivity contribution < 1.29 is 19.7 Å². The molecule has 1 fully saturated rings. The van der Waals surface area contributed by atoms with Crippen LogP contribution in [-0.4, -0.2) is 79.7 Å². The van der Waals surface area contributed by atoms with Gasteiger partial charge in [0.1, 0.15) is 36.1 Å². The number of nitrogens with zero attached hydrogens (tertiary/aromatic N) is 4. The molecule has 1 aromatic carbocycles. The number of nitrogens with one attached hydrogen (secondary N) is 2. The highest BCUT2D eigenvalue weighted by Gasteiger charge is 2.45. The molecular formula is C28H40BrN7O4. The minimum Gasteiger partial charge on any atom is -0.387 e. The number of aliphatic hydroxyl groups is 2. The number of urea groups is 1. The zero-order chi connectivity index (χ0) is 29.2. The Kier molecular flexibility index (Phi) is 9.36. The predicted octanol–water partition coefficient (Wildman–Crippen LogP) is 3.61. The molecule has 218 valence electrons. The van der Waals surface area contributed by atoms with Crippen LogP contribution in [0.4, 0.5) is 16.3 Å². The largest absolute Gasteiger partial charge is 0.387 e. The monoisotopic (exact) mass is 617 g/mol. The van der Waals surface area contributed by atoms with Crippen molar-refractivity contribution in [3.63, 3.8) is 0 Å². The molecular weight excluding hydrogens is 578 g/mol. The number of ether oxygens (including phenoxy) is 1. The van der Waals surface area contributed by atoms with Gasteiger partial charge in [-0.3, -0.25) is 4.90 Å². The summed E-state index contributed by atoms with van der Waals surface area (Å²) in [6, 6.07) is 7.78. The quantitative estimate of drug-likeness (QED) is 0.228. The summed E-state index contributed by atoms with van der Waals surface area (Å²) < 4.78 is 8.52. The average molecular weight is 619 g/mol. The fraction of sp³-hybridized carbons (Fsp3) is 0.536. The Bertz CT molecular complexity index is 1310. The molecule has 1 aliphatic rings. The number of nitrogen functional groups attached to an aromatic ring is 1. The molecule has 0 spiro atoms. The van der Waals surface area contributed by atoms with Crippen LogP contribution in [0.2, 0.25) is 0 Å². The molecule has 6 N–H and O–H groups in total. The zero-order valence-corrected chi connectivity index (χ0v) is 25.2. The number of anilines is 2. The van der Waals surface area contributed by atoms with Gasteiger partial charge >= 0.3 is 6.03 Å². The number of amides is 2. The lowest BCUT2D eigenvalue weighted by Gasteiger charge is -2.30. The number of fused-ring (bicyclic) bond motifs is 1. The minimum absolute atomic E-state index is 0.0545. The Hall–Kier alpha value is -2.77. The summed E-state index contributed by atoms with van der Waals surface area (Å²) in [5.41, 5.74) is 8.52. The summed E-state index contributed by atoms with van der Waals surface area (Å²) in [6.07, 6.45) is 0.0947. The Balaban J connectivity index is 1.30. The second-order valence-electron chi connectivity index (χ2n) is 11.5. The first-order chi connectivity index (χ1) is 18.9. The normalized spacial score (nSPS) is 21.4. The Morgan fingerprint density at radius 3 is 2.55 bits per heavy atom. The smallest absolute Gasteiger partial charge is 0.319 e. The van der Waals surface area contributed by atoms with Crippen molar-refractivity contribution in [1.82, 2.24) is 24.8 Å². The molecule has 2 unspecified atom stereocenters. The third kappa shape index (κ3) is 6.74. The van der Waals surface area contributed by atoms with Crippen molar-refractivity contribution in [2.24, 2.45) is 0 Å². The highest BCUT2D eigenvalue weighted by Crippen LogP contribution is 2.36. The summed E-state index contributed by atoms with van der Waals surface area (Å²) in [4.78, 5) is 22.9. The maximum Gasteiger partial charge on any atom is 0.319 e. The fourth-order valence-corrected chi connectivity index (χ4v) is 5.47. The number of carbonyl (C=O) groups is 1. The molecule has 2 amide bonds. The van der Waals surface area contributed by atoms with Gasteiger partial charge in [0.15, 0.2) is 6.23 Å². The third-order valence-electron chi connectivity index (χ3n) is 7.26. The van der Waals surface area contributed by atoms with Gasteiger partial charge in [-0.1, -0.05) is 32.9 Å². The first-order valence-corrected chi connectivity index (χ1v) is 14.3. The SMILES string of the molecule is CC(C)N(CCCNC(=O)Nc1ccc(C(C)(C)C)cc1)C[C@H]1O[C@@H](n2cc(Br)c3c(N)ncnc32)C(O)C1O. The number of hydrogen-bond donors (Lipinski definition) is 5. The number of hydrogen-bond acceptors (Lipinski definition) is 8. The lowest BCUT2D eigenvalue weighted by molar-refractivity contribution is -0.0466. The first-order valence-electron chi connectivity index (χ1n) is 13.5. The lowest BCUT2D eigenvalue weighted by Crippen LogP contribution is -2.44. The molecule has 2 aromatic heterocycles. The summed E-state index contributed by atoms with van der Waals surface area (Å²) in [5.74, 6) is 0.312. The second-order valence-corrected chi connectivity index (χ2v) is 12.4. The van der Waals surface area contributed by atoms with Crippen molar-refractivity contribution >= 4 is 44.5 Å². The van der Waals surface area contributed by atoms with Crippen LogP contribution in [-0.2, 0) is 10.2 Å². The van der Waals surface area contributed by atoms with E-state index in [9.17, 15) is 15.0 Å². The molecule has 0 bridgehead atoms. The van der Waals surface area contributed by atoms with Gasteiger partial charge in [-0.2, -0.15) is 0 Å². The molecule has 4 atom stereocenters. The fourth-order valence-electron chi connectivity index (χ4n) is 4.87. The van der Waals surface area contributed by atoms with E-state index < -0.39 is 24.5 Å². The highest BCUT2D eigenvalue weighted by molar-refractivity contribution is 9.10. The summed E-state index contributed by atoms with van der Waals surface area (Å²) in [5, 5.41) is 28.1. The topological polar surface area (TPSA) is 151 Å². The Morgan fingerprint density at radius 2 is 1.90 bits per heavy atom. The van der Waals surface area contributed by atoms with Crippen molar-refractivity contribution in [2.45, 2.75) is 77.0 Å². The van der Waals surface area contributed by atoms with Gasteiger partial charge in [0, 0.05) is 42.0 Å². The van der Waals surface area contributed by atoms with Gasteiger partial charge < -0.3 is 35.9 Å². The lowest BCUT2D eigenvalue weighted by atomic mass is 9.87. The molecule has 40 heavy (non-hydrogen) atoms. The van der Waals surface area contributed by atoms with E-state index in [1.165, 1.54) is 11.9 Å². The maximum atomic E-state index is 12.4. The minimum atomic E-state index is -1.15. The highest BCUT2D eigenvalue weighted by atomic mass is 79.9. The molecule has 11 nitrogen and oxygen atoms in total. The van der Waals surface area contributed by atoms with Crippen LogP contribution in [0.25, 0.3) is 11.0 Å². The zero-order valence-electron chi connectivity index (χ0n) is 23.6.